The molecule has 0 saturated heterocycles. The maximum Gasteiger partial charge on any atom is 0.355 e. The standard InChI is InChI=1S/C10H14N2O3S.BrH/c1-4-15-10(14)7-6-16-8(11-7)5-9(13)12(2)3;/h5-6,11H,4H2,1-3H3;1H/b8-5-;. The predicted octanol–water partition coefficient (Wildman–Crippen LogP) is 1.23. The van der Waals surface area contributed by atoms with Crippen molar-refractivity contribution in [2.45, 2.75) is 6.92 Å². The Labute approximate surface area is 115 Å². The molecule has 1 heterocycles. The summed E-state index contributed by atoms with van der Waals surface area (Å²) >= 11 is 1.29. The molecule has 0 aromatic heterocycles. The van der Waals surface area contributed by atoms with Crippen LogP contribution in [0.2, 0.25) is 0 Å². The smallest absolute Gasteiger partial charge is 0.355 e. The number of nitrogens with zero attached hydrogens (tertiary/aromatic N) is 1. The lowest BCUT2D eigenvalue weighted by molar-refractivity contribution is -0.138. The molecule has 0 radical (unpaired) electrons. The Morgan fingerprint density at radius 3 is 2.71 bits per heavy atom. The van der Waals surface area contributed by atoms with Crippen molar-refractivity contribution in [3.05, 3.63) is 22.2 Å². The van der Waals surface area contributed by atoms with Crippen molar-refractivity contribution in [3.63, 3.8) is 0 Å². The first-order chi connectivity index (χ1) is 7.54. The number of thioether (sulfide) groups is 1. The molecule has 7 heteroatoms. The number of ether oxygens (including phenoxy) is 1. The average Bonchev–Trinajstić information content (AvgIpc) is 2.66. The number of halogens is 1. The number of amides is 1. The lowest BCUT2D eigenvalue weighted by Crippen LogP contribution is -2.22. The number of rotatable bonds is 3. The molecule has 1 aliphatic rings. The van der Waals surface area contributed by atoms with E-state index in [1.807, 2.05) is 0 Å². The Kier molecular flexibility index (Phi) is 6.98. The Bertz CT molecular complexity index is 367. The van der Waals surface area contributed by atoms with Crippen LogP contribution < -0.4 is 5.32 Å². The fourth-order valence-electron chi connectivity index (χ4n) is 0.933. The quantitative estimate of drug-likeness (QED) is 0.625. The molecule has 0 bridgehead atoms. The molecule has 0 aromatic rings. The first-order valence-corrected chi connectivity index (χ1v) is 5.66. The van der Waals surface area contributed by atoms with Gasteiger partial charge in [-0.15, -0.1) is 17.0 Å². The summed E-state index contributed by atoms with van der Waals surface area (Å²) < 4.78 is 4.82. The van der Waals surface area contributed by atoms with Gasteiger partial charge in [-0.25, -0.2) is 4.79 Å². The normalized spacial score (nSPS) is 15.7. The number of likely N-dealkylation sites (N-methyl/N-ethyl adjacent to an activating group) is 1. The zero-order chi connectivity index (χ0) is 12.1. The van der Waals surface area contributed by atoms with Crippen LogP contribution in [0.3, 0.4) is 0 Å². The third-order valence-electron chi connectivity index (χ3n) is 1.75. The summed E-state index contributed by atoms with van der Waals surface area (Å²) in [5, 5.41) is 5.08. The van der Waals surface area contributed by atoms with E-state index in [9.17, 15) is 9.59 Å². The SMILES string of the molecule is Br.CCOC(=O)C1=CS/C(=C\C(=O)N(C)C)N1. The van der Waals surface area contributed by atoms with Crippen LogP contribution in [-0.2, 0) is 14.3 Å². The highest BCUT2D eigenvalue weighted by Crippen LogP contribution is 2.24. The van der Waals surface area contributed by atoms with E-state index in [1.54, 1.807) is 26.4 Å². The molecule has 96 valence electrons. The summed E-state index contributed by atoms with van der Waals surface area (Å²) in [6.07, 6.45) is 1.44. The number of nitrogens with one attached hydrogen (secondary N) is 1. The Morgan fingerprint density at radius 2 is 2.18 bits per heavy atom. The minimum absolute atomic E-state index is 0. The molecule has 0 saturated carbocycles. The third-order valence-corrected chi connectivity index (χ3v) is 2.58. The molecule has 0 spiro atoms. The van der Waals surface area contributed by atoms with Crippen LogP contribution >= 0.6 is 28.7 Å². The number of hydrogen-bond donors (Lipinski definition) is 1. The Morgan fingerprint density at radius 1 is 1.53 bits per heavy atom. The van der Waals surface area contributed by atoms with Crippen molar-refractivity contribution in [2.24, 2.45) is 0 Å². The summed E-state index contributed by atoms with van der Waals surface area (Å²) in [7, 11) is 3.33. The Balaban J connectivity index is 0.00000256. The molecule has 0 unspecified atom stereocenters. The van der Waals surface area contributed by atoms with Gasteiger partial charge in [0.05, 0.1) is 11.6 Å². The maximum absolute atomic E-state index is 11.4. The molecule has 0 aromatic carbocycles. The van der Waals surface area contributed by atoms with Gasteiger partial charge in [0, 0.05) is 25.6 Å². The van der Waals surface area contributed by atoms with Crippen LogP contribution in [0.4, 0.5) is 0 Å². The molecule has 0 atom stereocenters. The third kappa shape index (κ3) is 4.82. The van der Waals surface area contributed by atoms with E-state index in [-0.39, 0.29) is 22.9 Å². The van der Waals surface area contributed by atoms with Crippen LogP contribution in [0, 0.1) is 0 Å². The fraction of sp³-hybridized carbons (Fsp3) is 0.400. The summed E-state index contributed by atoms with van der Waals surface area (Å²) in [5.74, 6) is -0.538. The van der Waals surface area contributed by atoms with E-state index >= 15 is 0 Å². The van der Waals surface area contributed by atoms with Crippen molar-refractivity contribution in [3.8, 4) is 0 Å². The second-order valence-corrected chi connectivity index (χ2v) is 4.15. The topological polar surface area (TPSA) is 58.6 Å². The Hall–Kier alpha value is -0.950. The van der Waals surface area contributed by atoms with Crippen LogP contribution in [0.15, 0.2) is 22.2 Å². The van der Waals surface area contributed by atoms with Crippen LogP contribution in [0.25, 0.3) is 0 Å². The van der Waals surface area contributed by atoms with Crippen molar-refractivity contribution in [1.29, 1.82) is 0 Å². The largest absolute Gasteiger partial charge is 0.461 e. The van der Waals surface area contributed by atoms with Gasteiger partial charge in [-0.1, -0.05) is 11.8 Å². The minimum Gasteiger partial charge on any atom is -0.461 e. The van der Waals surface area contributed by atoms with Crippen molar-refractivity contribution in [1.82, 2.24) is 10.2 Å². The average molecular weight is 323 g/mol. The van der Waals surface area contributed by atoms with Crippen molar-refractivity contribution in [2.75, 3.05) is 20.7 Å². The lowest BCUT2D eigenvalue weighted by Gasteiger charge is -2.07. The van der Waals surface area contributed by atoms with Gasteiger partial charge in [0.25, 0.3) is 0 Å². The van der Waals surface area contributed by atoms with Crippen LogP contribution in [0.5, 0.6) is 0 Å². The molecule has 0 fully saturated rings. The molecule has 0 aliphatic carbocycles. The van der Waals surface area contributed by atoms with Gasteiger partial charge >= 0.3 is 5.97 Å². The summed E-state index contributed by atoms with van der Waals surface area (Å²) in [4.78, 5) is 24.1. The van der Waals surface area contributed by atoms with Gasteiger partial charge in [0.1, 0.15) is 5.70 Å². The molecule has 1 aliphatic heterocycles. The van der Waals surface area contributed by atoms with Gasteiger partial charge in [-0.05, 0) is 6.92 Å². The summed E-state index contributed by atoms with van der Waals surface area (Å²) in [6.45, 7) is 2.07. The minimum atomic E-state index is -0.407. The molecular formula is C10H15BrN2O3S. The monoisotopic (exact) mass is 322 g/mol. The summed E-state index contributed by atoms with van der Waals surface area (Å²) in [5.41, 5.74) is 0.365. The maximum atomic E-state index is 11.4. The van der Waals surface area contributed by atoms with E-state index in [0.29, 0.717) is 17.3 Å². The van der Waals surface area contributed by atoms with Crippen molar-refractivity contribution < 1.29 is 14.3 Å². The second kappa shape index (κ2) is 7.39. The highest BCUT2D eigenvalue weighted by Gasteiger charge is 2.18. The molecule has 1 N–H and O–H groups in total. The fourth-order valence-corrected chi connectivity index (χ4v) is 1.67. The highest BCUT2D eigenvalue weighted by molar-refractivity contribution is 8.93. The molecular weight excluding hydrogens is 308 g/mol. The van der Waals surface area contributed by atoms with Crippen molar-refractivity contribution >= 4 is 40.6 Å². The number of hydrogen-bond acceptors (Lipinski definition) is 5. The van der Waals surface area contributed by atoms with Crippen LogP contribution in [0.1, 0.15) is 6.92 Å². The van der Waals surface area contributed by atoms with E-state index in [0.717, 1.165) is 0 Å². The lowest BCUT2D eigenvalue weighted by atomic mass is 10.4. The van der Waals surface area contributed by atoms with E-state index in [1.165, 1.54) is 22.7 Å². The van der Waals surface area contributed by atoms with E-state index in [4.69, 9.17) is 4.74 Å². The van der Waals surface area contributed by atoms with Gasteiger partial charge in [0.15, 0.2) is 0 Å². The molecule has 1 rings (SSSR count). The first kappa shape index (κ1) is 16.1. The van der Waals surface area contributed by atoms with Gasteiger partial charge in [0.2, 0.25) is 5.91 Å². The molecule has 1 amide bonds. The first-order valence-electron chi connectivity index (χ1n) is 4.78. The number of carbonyl (C=O) groups excluding carboxylic acids is 2. The van der Waals surface area contributed by atoms with E-state index in [2.05, 4.69) is 5.32 Å². The number of carbonyl (C=O) groups is 2. The van der Waals surface area contributed by atoms with E-state index < -0.39 is 5.97 Å². The second-order valence-electron chi connectivity index (χ2n) is 3.24. The van der Waals surface area contributed by atoms with Gasteiger partial charge in [-0.3, -0.25) is 4.79 Å². The van der Waals surface area contributed by atoms with Gasteiger partial charge in [-0.2, -0.15) is 0 Å². The van der Waals surface area contributed by atoms with Crippen LogP contribution in [-0.4, -0.2) is 37.5 Å². The molecule has 5 nitrogen and oxygen atoms in total. The predicted molar refractivity (Wildman–Crippen MR) is 72.5 cm³/mol. The highest BCUT2D eigenvalue weighted by atomic mass is 79.9. The zero-order valence-corrected chi connectivity index (χ0v) is 12.4. The number of esters is 1. The zero-order valence-electron chi connectivity index (χ0n) is 9.85. The molecule has 17 heavy (non-hydrogen) atoms. The summed E-state index contributed by atoms with van der Waals surface area (Å²) in [6, 6.07) is 0. The van der Waals surface area contributed by atoms with Gasteiger partial charge < -0.3 is 15.0 Å².